The van der Waals surface area contributed by atoms with E-state index in [0.717, 1.165) is 0 Å². The number of carbonyl (C=O) groups excluding carboxylic acids is 2. The molecule has 0 fully saturated rings. The lowest BCUT2D eigenvalue weighted by molar-refractivity contribution is 0.0844. The third kappa shape index (κ3) is 5.70. The maximum Gasteiger partial charge on any atom is 0.273 e. The largest absolute Gasteiger partial charge is 0.496 e. The molecule has 2 amide bonds. The number of halogens is 1. The maximum atomic E-state index is 12.6. The van der Waals surface area contributed by atoms with Crippen molar-refractivity contribution < 1.29 is 28.5 Å². The third-order valence-electron chi connectivity index (χ3n) is 3.87. The Balaban J connectivity index is 2.22. The van der Waals surface area contributed by atoms with Gasteiger partial charge in [0, 0.05) is 10.6 Å². The van der Waals surface area contributed by atoms with Crippen LogP contribution in [0.3, 0.4) is 0 Å². The molecule has 0 saturated carbocycles. The van der Waals surface area contributed by atoms with Gasteiger partial charge in [0.05, 0.1) is 32.5 Å². The lowest BCUT2D eigenvalue weighted by Gasteiger charge is -2.17. The van der Waals surface area contributed by atoms with Gasteiger partial charge in [-0.05, 0) is 51.1 Å². The van der Waals surface area contributed by atoms with Crippen LogP contribution in [0.25, 0.3) is 0 Å². The van der Waals surface area contributed by atoms with Crippen LogP contribution in [0.5, 0.6) is 23.0 Å². The Hall–Kier alpha value is -3.13. The number of methoxy groups -OCH3 is 1. The van der Waals surface area contributed by atoms with E-state index < -0.39 is 11.8 Å². The van der Waals surface area contributed by atoms with Crippen LogP contribution in [0.2, 0.25) is 5.02 Å². The minimum absolute atomic E-state index is 0.221. The number of ether oxygens (including phenoxy) is 4. The van der Waals surface area contributed by atoms with Gasteiger partial charge in [-0.15, -0.1) is 0 Å². The van der Waals surface area contributed by atoms with E-state index in [1.54, 1.807) is 6.07 Å². The number of amides is 2. The second kappa shape index (κ2) is 11.2. The average molecular weight is 437 g/mol. The number of nitrogens with one attached hydrogen (secondary N) is 2. The zero-order valence-corrected chi connectivity index (χ0v) is 18.1. The molecular formula is C21H25ClN2O6. The van der Waals surface area contributed by atoms with Gasteiger partial charge in [0.15, 0.2) is 11.5 Å². The summed E-state index contributed by atoms with van der Waals surface area (Å²) in [5.41, 5.74) is 5.19. The van der Waals surface area contributed by atoms with Crippen molar-refractivity contribution in [2.45, 2.75) is 20.8 Å². The lowest BCUT2D eigenvalue weighted by Crippen LogP contribution is -2.41. The Morgan fingerprint density at radius 2 is 1.40 bits per heavy atom. The molecule has 0 aliphatic heterocycles. The summed E-state index contributed by atoms with van der Waals surface area (Å²) < 4.78 is 22.0. The zero-order chi connectivity index (χ0) is 22.1. The number of hydrogen-bond donors (Lipinski definition) is 2. The first kappa shape index (κ1) is 23.2. The van der Waals surface area contributed by atoms with Crippen LogP contribution in [0.4, 0.5) is 0 Å². The van der Waals surface area contributed by atoms with Crippen LogP contribution in [0.1, 0.15) is 41.5 Å². The molecule has 0 heterocycles. The van der Waals surface area contributed by atoms with E-state index in [-0.39, 0.29) is 16.9 Å². The summed E-state index contributed by atoms with van der Waals surface area (Å²) >= 11 is 5.91. The Kier molecular flexibility index (Phi) is 8.61. The van der Waals surface area contributed by atoms with E-state index in [9.17, 15) is 9.59 Å². The van der Waals surface area contributed by atoms with Gasteiger partial charge >= 0.3 is 0 Å². The lowest BCUT2D eigenvalue weighted by atomic mass is 10.1. The number of hydrazine groups is 1. The van der Waals surface area contributed by atoms with E-state index in [1.807, 2.05) is 20.8 Å². The van der Waals surface area contributed by atoms with Gasteiger partial charge < -0.3 is 18.9 Å². The standard InChI is InChI=1S/C21H25ClN2O6/c1-5-28-17-10-13(11-18(29-6-2)19(17)30-7-3)20(25)23-24-21(26)15-9-8-14(22)12-16(15)27-4/h8-12H,5-7H2,1-4H3,(H,23,25)(H,24,26). The fourth-order valence-corrected chi connectivity index (χ4v) is 2.79. The topological polar surface area (TPSA) is 95.1 Å². The van der Waals surface area contributed by atoms with Crippen molar-refractivity contribution in [1.82, 2.24) is 10.9 Å². The van der Waals surface area contributed by atoms with Crippen molar-refractivity contribution in [2.75, 3.05) is 26.9 Å². The Morgan fingerprint density at radius 3 is 1.93 bits per heavy atom. The minimum atomic E-state index is -0.558. The predicted octanol–water partition coefficient (Wildman–Crippen LogP) is 3.62. The molecule has 0 aromatic heterocycles. The van der Waals surface area contributed by atoms with Gasteiger partial charge in [0.1, 0.15) is 5.75 Å². The summed E-state index contributed by atoms with van der Waals surface area (Å²) in [6.07, 6.45) is 0. The average Bonchev–Trinajstić information content (AvgIpc) is 2.74. The summed E-state index contributed by atoms with van der Waals surface area (Å²) in [6, 6.07) is 7.62. The molecule has 0 radical (unpaired) electrons. The molecule has 2 aromatic rings. The molecule has 0 bridgehead atoms. The maximum absolute atomic E-state index is 12.6. The molecule has 0 aliphatic carbocycles. The smallest absolute Gasteiger partial charge is 0.273 e. The molecule has 162 valence electrons. The van der Waals surface area contributed by atoms with Crippen molar-refractivity contribution in [3.63, 3.8) is 0 Å². The van der Waals surface area contributed by atoms with Crippen LogP contribution in [-0.4, -0.2) is 38.7 Å². The second-order valence-corrected chi connectivity index (χ2v) is 6.29. The van der Waals surface area contributed by atoms with Crippen LogP contribution in [0, 0.1) is 0 Å². The first-order valence-corrected chi connectivity index (χ1v) is 9.83. The van der Waals surface area contributed by atoms with Crippen LogP contribution >= 0.6 is 11.6 Å². The molecule has 0 atom stereocenters. The summed E-state index contributed by atoms with van der Waals surface area (Å²) in [5.74, 6) is 0.349. The highest BCUT2D eigenvalue weighted by atomic mass is 35.5. The van der Waals surface area contributed by atoms with Crippen LogP contribution in [0.15, 0.2) is 30.3 Å². The van der Waals surface area contributed by atoms with Gasteiger partial charge in [0.25, 0.3) is 11.8 Å². The fourth-order valence-electron chi connectivity index (χ4n) is 2.63. The zero-order valence-electron chi connectivity index (χ0n) is 17.3. The molecular weight excluding hydrogens is 412 g/mol. The highest BCUT2D eigenvalue weighted by Crippen LogP contribution is 2.39. The monoisotopic (exact) mass is 436 g/mol. The van der Waals surface area contributed by atoms with E-state index in [2.05, 4.69) is 10.9 Å². The Labute approximate surface area is 180 Å². The molecule has 0 aliphatic rings. The van der Waals surface area contributed by atoms with Crippen molar-refractivity contribution in [1.29, 1.82) is 0 Å². The third-order valence-corrected chi connectivity index (χ3v) is 4.10. The molecule has 0 unspecified atom stereocenters. The molecule has 0 saturated heterocycles. The Morgan fingerprint density at radius 1 is 0.833 bits per heavy atom. The van der Waals surface area contributed by atoms with Gasteiger partial charge in [-0.25, -0.2) is 0 Å². The molecule has 2 rings (SSSR count). The summed E-state index contributed by atoms with van der Waals surface area (Å²) in [5, 5.41) is 0.425. The summed E-state index contributed by atoms with van der Waals surface area (Å²) in [4.78, 5) is 25.1. The second-order valence-electron chi connectivity index (χ2n) is 5.85. The van der Waals surface area contributed by atoms with E-state index in [4.69, 9.17) is 30.5 Å². The highest BCUT2D eigenvalue weighted by molar-refractivity contribution is 6.30. The van der Waals surface area contributed by atoms with Gasteiger partial charge in [-0.2, -0.15) is 0 Å². The molecule has 9 heteroatoms. The van der Waals surface area contributed by atoms with E-state index in [1.165, 1.54) is 31.4 Å². The Bertz CT molecular complexity index is 876. The molecule has 2 N–H and O–H groups in total. The van der Waals surface area contributed by atoms with Crippen molar-refractivity contribution >= 4 is 23.4 Å². The van der Waals surface area contributed by atoms with Crippen molar-refractivity contribution in [3.05, 3.63) is 46.5 Å². The normalized spacial score (nSPS) is 10.2. The van der Waals surface area contributed by atoms with Crippen molar-refractivity contribution in [2.24, 2.45) is 0 Å². The van der Waals surface area contributed by atoms with Crippen LogP contribution in [-0.2, 0) is 0 Å². The number of benzene rings is 2. The quantitative estimate of drug-likeness (QED) is 0.583. The van der Waals surface area contributed by atoms with Crippen molar-refractivity contribution in [3.8, 4) is 23.0 Å². The molecule has 8 nitrogen and oxygen atoms in total. The number of hydrogen-bond acceptors (Lipinski definition) is 6. The first-order valence-electron chi connectivity index (χ1n) is 9.45. The first-order chi connectivity index (χ1) is 14.4. The van der Waals surface area contributed by atoms with Gasteiger partial charge in [-0.3, -0.25) is 20.4 Å². The summed E-state index contributed by atoms with van der Waals surface area (Å²) in [7, 11) is 1.42. The van der Waals surface area contributed by atoms with E-state index >= 15 is 0 Å². The van der Waals surface area contributed by atoms with Crippen LogP contribution < -0.4 is 29.8 Å². The molecule has 30 heavy (non-hydrogen) atoms. The van der Waals surface area contributed by atoms with Gasteiger partial charge in [0.2, 0.25) is 5.75 Å². The molecule has 0 spiro atoms. The minimum Gasteiger partial charge on any atom is -0.496 e. The fraction of sp³-hybridized carbons (Fsp3) is 0.333. The highest BCUT2D eigenvalue weighted by Gasteiger charge is 2.19. The SMILES string of the molecule is CCOc1cc(C(=O)NNC(=O)c2ccc(Cl)cc2OC)cc(OCC)c1OCC. The summed E-state index contributed by atoms with van der Waals surface area (Å²) in [6.45, 7) is 6.65. The number of rotatable bonds is 9. The predicted molar refractivity (Wildman–Crippen MR) is 113 cm³/mol. The van der Waals surface area contributed by atoms with E-state index in [0.29, 0.717) is 42.1 Å². The number of carbonyl (C=O) groups is 2. The van der Waals surface area contributed by atoms with Gasteiger partial charge in [-0.1, -0.05) is 11.6 Å². The molecule has 2 aromatic carbocycles.